The monoisotopic (exact) mass is 413 g/mol. The number of benzene rings is 2. The molecule has 1 fully saturated rings. The summed E-state index contributed by atoms with van der Waals surface area (Å²) in [6, 6.07) is 12.2. The number of nitrogens with zero attached hydrogens (tertiary/aromatic N) is 3. The molecule has 1 atom stereocenters. The zero-order valence-corrected chi connectivity index (χ0v) is 16.8. The number of rotatable bonds is 5. The van der Waals surface area contributed by atoms with Crippen molar-refractivity contribution in [3.8, 4) is 22.9 Å². The van der Waals surface area contributed by atoms with E-state index in [1.165, 1.54) is 0 Å². The lowest BCUT2D eigenvalue weighted by molar-refractivity contribution is 0.0710. The van der Waals surface area contributed by atoms with E-state index in [4.69, 9.17) is 25.6 Å². The summed E-state index contributed by atoms with van der Waals surface area (Å²) in [4.78, 5) is 19.3. The Morgan fingerprint density at radius 2 is 1.97 bits per heavy atom. The molecule has 0 aliphatic carbocycles. The Morgan fingerprint density at radius 1 is 1.17 bits per heavy atom. The maximum absolute atomic E-state index is 13.0. The number of ether oxygens (including phenoxy) is 2. The number of likely N-dealkylation sites (tertiary alicyclic amines) is 1. The molecule has 4 rings (SSSR count). The van der Waals surface area contributed by atoms with Crippen molar-refractivity contribution in [1.29, 1.82) is 0 Å². The number of aromatic nitrogens is 2. The molecule has 0 saturated carbocycles. The molecule has 1 aromatic heterocycles. The lowest BCUT2D eigenvalue weighted by atomic mass is 10.1. The molecular formula is C21H20ClN3O4. The summed E-state index contributed by atoms with van der Waals surface area (Å²) in [5, 5.41) is 4.53. The summed E-state index contributed by atoms with van der Waals surface area (Å²) in [6.07, 6.45) is 1.61. The first-order valence-electron chi connectivity index (χ1n) is 9.24. The number of carbonyl (C=O) groups excluding carboxylic acids is 1. The third-order valence-corrected chi connectivity index (χ3v) is 5.32. The second-order valence-corrected chi connectivity index (χ2v) is 7.07. The molecule has 1 aliphatic heterocycles. The van der Waals surface area contributed by atoms with Crippen LogP contribution in [0.3, 0.4) is 0 Å². The lowest BCUT2D eigenvalue weighted by Gasteiger charge is -2.22. The molecule has 29 heavy (non-hydrogen) atoms. The molecule has 0 unspecified atom stereocenters. The van der Waals surface area contributed by atoms with Gasteiger partial charge in [-0.2, -0.15) is 4.98 Å². The van der Waals surface area contributed by atoms with E-state index in [1.54, 1.807) is 55.5 Å². The van der Waals surface area contributed by atoms with Crippen molar-refractivity contribution in [3.63, 3.8) is 0 Å². The van der Waals surface area contributed by atoms with E-state index in [0.29, 0.717) is 40.3 Å². The number of hydrogen-bond donors (Lipinski definition) is 0. The van der Waals surface area contributed by atoms with Gasteiger partial charge in [0.1, 0.15) is 6.04 Å². The molecule has 0 N–H and O–H groups in total. The average molecular weight is 414 g/mol. The number of halogens is 1. The highest BCUT2D eigenvalue weighted by Crippen LogP contribution is 2.35. The highest BCUT2D eigenvalue weighted by atomic mass is 35.5. The van der Waals surface area contributed by atoms with Crippen LogP contribution < -0.4 is 9.47 Å². The predicted molar refractivity (Wildman–Crippen MR) is 107 cm³/mol. The van der Waals surface area contributed by atoms with Crippen molar-refractivity contribution < 1.29 is 18.8 Å². The summed E-state index contributed by atoms with van der Waals surface area (Å²) in [5.41, 5.74) is 1.21. The Balaban J connectivity index is 1.60. The fourth-order valence-electron chi connectivity index (χ4n) is 3.52. The molecule has 1 amide bonds. The van der Waals surface area contributed by atoms with E-state index >= 15 is 0 Å². The van der Waals surface area contributed by atoms with Crippen LogP contribution in [0.4, 0.5) is 0 Å². The van der Waals surface area contributed by atoms with Crippen molar-refractivity contribution >= 4 is 17.5 Å². The fraction of sp³-hybridized carbons (Fsp3) is 0.286. The zero-order chi connectivity index (χ0) is 20.4. The minimum absolute atomic E-state index is 0.135. The third kappa shape index (κ3) is 3.65. The maximum Gasteiger partial charge on any atom is 0.256 e. The summed E-state index contributed by atoms with van der Waals surface area (Å²) >= 11 is 6.21. The van der Waals surface area contributed by atoms with Crippen LogP contribution in [0.15, 0.2) is 47.0 Å². The zero-order valence-electron chi connectivity index (χ0n) is 16.1. The van der Waals surface area contributed by atoms with Gasteiger partial charge in [0.05, 0.1) is 24.8 Å². The summed E-state index contributed by atoms with van der Waals surface area (Å²) < 4.78 is 16.1. The molecule has 0 bridgehead atoms. The van der Waals surface area contributed by atoms with Gasteiger partial charge in [-0.15, -0.1) is 0 Å². The molecule has 2 aromatic carbocycles. The van der Waals surface area contributed by atoms with Gasteiger partial charge >= 0.3 is 0 Å². The highest BCUT2D eigenvalue weighted by Gasteiger charge is 2.35. The maximum atomic E-state index is 13.0. The van der Waals surface area contributed by atoms with Gasteiger partial charge in [0.2, 0.25) is 11.7 Å². The second kappa shape index (κ2) is 8.13. The molecule has 150 valence electrons. The lowest BCUT2D eigenvalue weighted by Crippen LogP contribution is -2.30. The number of hydrogen-bond acceptors (Lipinski definition) is 6. The Hall–Kier alpha value is -3.06. The first-order valence-corrected chi connectivity index (χ1v) is 9.61. The van der Waals surface area contributed by atoms with Crippen LogP contribution in [0.1, 0.15) is 35.1 Å². The molecule has 1 aliphatic rings. The molecule has 8 heteroatoms. The van der Waals surface area contributed by atoms with Gasteiger partial charge in [-0.3, -0.25) is 4.79 Å². The molecule has 7 nitrogen and oxygen atoms in total. The van der Waals surface area contributed by atoms with E-state index in [2.05, 4.69) is 10.1 Å². The summed E-state index contributed by atoms with van der Waals surface area (Å²) in [5.74, 6) is 1.90. The molecule has 2 heterocycles. The molecule has 1 saturated heterocycles. The predicted octanol–water partition coefficient (Wildman–Crippen LogP) is 4.38. The quantitative estimate of drug-likeness (QED) is 0.617. The minimum Gasteiger partial charge on any atom is -0.493 e. The topological polar surface area (TPSA) is 77.7 Å². The van der Waals surface area contributed by atoms with E-state index in [1.807, 2.05) is 6.07 Å². The smallest absolute Gasteiger partial charge is 0.256 e. The van der Waals surface area contributed by atoms with Gasteiger partial charge in [-0.25, -0.2) is 0 Å². The average Bonchev–Trinajstić information content (AvgIpc) is 3.42. The van der Waals surface area contributed by atoms with E-state index in [-0.39, 0.29) is 11.9 Å². The Kier molecular flexibility index (Phi) is 5.40. The van der Waals surface area contributed by atoms with Crippen molar-refractivity contribution in [2.24, 2.45) is 0 Å². The number of methoxy groups -OCH3 is 2. The van der Waals surface area contributed by atoms with Crippen molar-refractivity contribution in [3.05, 3.63) is 58.9 Å². The fourth-order valence-corrected chi connectivity index (χ4v) is 3.74. The van der Waals surface area contributed by atoms with Crippen LogP contribution in [0.2, 0.25) is 5.02 Å². The summed E-state index contributed by atoms with van der Waals surface area (Å²) in [6.45, 7) is 0.614. The number of amides is 1. The van der Waals surface area contributed by atoms with Crippen LogP contribution in [-0.4, -0.2) is 41.7 Å². The summed E-state index contributed by atoms with van der Waals surface area (Å²) in [7, 11) is 3.15. The molecule has 0 spiro atoms. The van der Waals surface area contributed by atoms with Gasteiger partial charge in [-0.1, -0.05) is 28.9 Å². The number of carbonyl (C=O) groups is 1. The molecular weight excluding hydrogens is 394 g/mol. The van der Waals surface area contributed by atoms with Crippen LogP contribution in [0.25, 0.3) is 11.4 Å². The molecule has 0 radical (unpaired) electrons. The minimum atomic E-state index is -0.278. The van der Waals surface area contributed by atoms with Gasteiger partial charge < -0.3 is 18.9 Å². The largest absolute Gasteiger partial charge is 0.493 e. The van der Waals surface area contributed by atoms with Crippen LogP contribution in [0, 0.1) is 0 Å². The highest BCUT2D eigenvalue weighted by molar-refractivity contribution is 6.33. The third-order valence-electron chi connectivity index (χ3n) is 4.99. The van der Waals surface area contributed by atoms with Crippen molar-refractivity contribution in [2.75, 3.05) is 20.8 Å². The van der Waals surface area contributed by atoms with E-state index in [0.717, 1.165) is 18.4 Å². The van der Waals surface area contributed by atoms with E-state index in [9.17, 15) is 4.79 Å². The van der Waals surface area contributed by atoms with Crippen LogP contribution >= 0.6 is 11.6 Å². The standard InChI is InChI=1S/C21H20ClN3O4/c1-27-17-10-9-13(12-18(17)28-2)19-23-20(29-24-19)16-8-5-11-25(16)21(26)14-6-3-4-7-15(14)22/h3-4,6-7,9-10,12,16H,5,8,11H2,1-2H3/t16-/m1/s1. The van der Waals surface area contributed by atoms with Crippen molar-refractivity contribution in [2.45, 2.75) is 18.9 Å². The Bertz CT molecular complexity index is 1040. The Labute approximate surface area is 173 Å². The second-order valence-electron chi connectivity index (χ2n) is 6.66. The normalized spacial score (nSPS) is 16.1. The SMILES string of the molecule is COc1ccc(-c2noc([C@H]3CCCN3C(=O)c3ccccc3Cl)n2)cc1OC. The van der Waals surface area contributed by atoms with Crippen LogP contribution in [-0.2, 0) is 0 Å². The van der Waals surface area contributed by atoms with Gasteiger partial charge in [-0.05, 0) is 43.2 Å². The van der Waals surface area contributed by atoms with Gasteiger partial charge in [0.15, 0.2) is 11.5 Å². The van der Waals surface area contributed by atoms with E-state index < -0.39 is 0 Å². The first-order chi connectivity index (χ1) is 14.1. The Morgan fingerprint density at radius 3 is 2.72 bits per heavy atom. The first kappa shape index (κ1) is 19.3. The van der Waals surface area contributed by atoms with Crippen LogP contribution in [0.5, 0.6) is 11.5 Å². The van der Waals surface area contributed by atoms with Gasteiger partial charge in [0, 0.05) is 12.1 Å². The van der Waals surface area contributed by atoms with Crippen molar-refractivity contribution in [1.82, 2.24) is 15.0 Å². The van der Waals surface area contributed by atoms with Gasteiger partial charge in [0.25, 0.3) is 5.91 Å². The molecule has 3 aromatic rings.